The maximum atomic E-state index is 6.20. The summed E-state index contributed by atoms with van der Waals surface area (Å²) in [6.07, 6.45) is 0.775. The first-order chi connectivity index (χ1) is 8.72. The second-order valence-corrected chi connectivity index (χ2v) is 6.43. The van der Waals surface area contributed by atoms with Gasteiger partial charge in [-0.25, -0.2) is 4.98 Å². The van der Waals surface area contributed by atoms with E-state index in [0.717, 1.165) is 32.0 Å². The largest absolute Gasteiger partial charge is 0.241 e. The summed E-state index contributed by atoms with van der Waals surface area (Å²) < 4.78 is 2.27. The normalized spacial score (nSPS) is 11.0. The Labute approximate surface area is 123 Å². The Morgan fingerprint density at radius 3 is 2.83 bits per heavy atom. The number of hydrogen-bond acceptors (Lipinski definition) is 2. The van der Waals surface area contributed by atoms with Crippen LogP contribution < -0.4 is 0 Å². The van der Waals surface area contributed by atoms with Gasteiger partial charge >= 0.3 is 0 Å². The minimum atomic E-state index is 0.775. The lowest BCUT2D eigenvalue weighted by atomic mass is 10.1. The summed E-state index contributed by atoms with van der Waals surface area (Å²) in [5.41, 5.74) is 2.16. The summed E-state index contributed by atoms with van der Waals surface area (Å²) in [5.74, 6) is 0. The smallest absolute Gasteiger partial charge is 0.0982 e. The molecule has 4 heteroatoms. The predicted octanol–water partition coefficient (Wildman–Crippen LogP) is 5.30. The molecule has 3 rings (SSSR count). The molecule has 0 aliphatic carbocycles. The van der Waals surface area contributed by atoms with Gasteiger partial charge in [0.2, 0.25) is 0 Å². The molecule has 18 heavy (non-hydrogen) atoms. The van der Waals surface area contributed by atoms with Crippen molar-refractivity contribution < 1.29 is 0 Å². The van der Waals surface area contributed by atoms with Crippen molar-refractivity contribution in [3.05, 3.63) is 62.5 Å². The van der Waals surface area contributed by atoms with Crippen LogP contribution in [0.5, 0.6) is 0 Å². The zero-order valence-corrected chi connectivity index (χ0v) is 12.5. The fourth-order valence-electron chi connectivity index (χ4n) is 1.84. The van der Waals surface area contributed by atoms with E-state index in [1.807, 2.05) is 30.3 Å². The van der Waals surface area contributed by atoms with Crippen LogP contribution in [0.1, 0.15) is 10.6 Å². The molecule has 1 aromatic heterocycles. The van der Waals surface area contributed by atoms with E-state index in [-0.39, 0.29) is 0 Å². The highest BCUT2D eigenvalue weighted by Gasteiger charge is 2.07. The van der Waals surface area contributed by atoms with Crippen molar-refractivity contribution >= 4 is 49.1 Å². The zero-order valence-electron chi connectivity index (χ0n) is 9.36. The lowest BCUT2D eigenvalue weighted by molar-refractivity contribution is 1.15. The van der Waals surface area contributed by atoms with Crippen molar-refractivity contribution in [2.45, 2.75) is 6.42 Å². The van der Waals surface area contributed by atoms with E-state index in [0.29, 0.717) is 0 Å². The summed E-state index contributed by atoms with van der Waals surface area (Å²) in [6.45, 7) is 0. The number of thiazole rings is 1. The molecule has 0 N–H and O–H groups in total. The van der Waals surface area contributed by atoms with Crippen molar-refractivity contribution in [3.8, 4) is 0 Å². The number of fused-ring (bicyclic) bond motifs is 1. The molecular weight excluding hydrogens is 330 g/mol. The maximum Gasteiger partial charge on any atom is 0.0982 e. The molecule has 3 aromatic rings. The molecule has 0 unspecified atom stereocenters. The van der Waals surface area contributed by atoms with Crippen LogP contribution in [0.4, 0.5) is 0 Å². The summed E-state index contributed by atoms with van der Waals surface area (Å²) in [6, 6.07) is 14.1. The van der Waals surface area contributed by atoms with E-state index >= 15 is 0 Å². The number of nitrogens with zero attached hydrogens (tertiary/aromatic N) is 1. The molecule has 0 saturated carbocycles. The van der Waals surface area contributed by atoms with Gasteiger partial charge in [-0.3, -0.25) is 0 Å². The van der Waals surface area contributed by atoms with Gasteiger partial charge < -0.3 is 0 Å². The molecule has 1 nitrogen and oxygen atoms in total. The van der Waals surface area contributed by atoms with Gasteiger partial charge in [0.1, 0.15) is 0 Å². The number of hydrogen-bond donors (Lipinski definition) is 0. The summed E-state index contributed by atoms with van der Waals surface area (Å²) in [7, 11) is 0. The second kappa shape index (κ2) is 5.00. The summed E-state index contributed by atoms with van der Waals surface area (Å²) in [4.78, 5) is 4.62. The highest BCUT2D eigenvalue weighted by molar-refractivity contribution is 9.10. The molecule has 0 aliphatic heterocycles. The molecule has 90 valence electrons. The minimum Gasteiger partial charge on any atom is -0.241 e. The molecule has 0 amide bonds. The maximum absolute atomic E-state index is 6.20. The topological polar surface area (TPSA) is 12.9 Å². The fourth-order valence-corrected chi connectivity index (χ4v) is 3.42. The van der Waals surface area contributed by atoms with Gasteiger partial charge in [-0.05, 0) is 35.9 Å². The second-order valence-electron chi connectivity index (χ2n) is 3.99. The van der Waals surface area contributed by atoms with Gasteiger partial charge in [0.15, 0.2) is 0 Å². The Kier molecular flexibility index (Phi) is 3.37. The molecule has 0 radical (unpaired) electrons. The SMILES string of the molecule is Clc1ccc(Br)cc1Cc1nc2ccccc2s1. The Morgan fingerprint density at radius 2 is 2.00 bits per heavy atom. The number of aromatic nitrogens is 1. The molecule has 0 aliphatic rings. The van der Waals surface area contributed by atoms with Gasteiger partial charge in [-0.1, -0.05) is 39.7 Å². The van der Waals surface area contributed by atoms with Crippen molar-refractivity contribution in [3.63, 3.8) is 0 Å². The van der Waals surface area contributed by atoms with E-state index < -0.39 is 0 Å². The van der Waals surface area contributed by atoms with E-state index in [9.17, 15) is 0 Å². The minimum absolute atomic E-state index is 0.775. The highest BCUT2D eigenvalue weighted by atomic mass is 79.9. The van der Waals surface area contributed by atoms with E-state index in [2.05, 4.69) is 33.0 Å². The number of benzene rings is 2. The van der Waals surface area contributed by atoms with Crippen LogP contribution in [0.15, 0.2) is 46.9 Å². The molecule has 0 saturated heterocycles. The predicted molar refractivity (Wildman–Crippen MR) is 81.6 cm³/mol. The Hall–Kier alpha value is -0.900. The third-order valence-electron chi connectivity index (χ3n) is 2.69. The van der Waals surface area contributed by atoms with Crippen molar-refractivity contribution in [2.24, 2.45) is 0 Å². The van der Waals surface area contributed by atoms with E-state index in [4.69, 9.17) is 11.6 Å². The number of para-hydroxylation sites is 1. The average Bonchev–Trinajstić information content (AvgIpc) is 2.76. The van der Waals surface area contributed by atoms with Crippen molar-refractivity contribution in [1.29, 1.82) is 0 Å². The Balaban J connectivity index is 1.98. The van der Waals surface area contributed by atoms with Crippen molar-refractivity contribution in [1.82, 2.24) is 4.98 Å². The van der Waals surface area contributed by atoms with Crippen LogP contribution in [0.3, 0.4) is 0 Å². The van der Waals surface area contributed by atoms with Gasteiger partial charge in [-0.15, -0.1) is 11.3 Å². The van der Waals surface area contributed by atoms with Gasteiger partial charge in [-0.2, -0.15) is 0 Å². The van der Waals surface area contributed by atoms with Crippen LogP contribution in [-0.2, 0) is 6.42 Å². The number of rotatable bonds is 2. The van der Waals surface area contributed by atoms with Gasteiger partial charge in [0, 0.05) is 15.9 Å². The first-order valence-corrected chi connectivity index (χ1v) is 7.49. The van der Waals surface area contributed by atoms with Crippen LogP contribution in [0.25, 0.3) is 10.2 Å². The lowest BCUT2D eigenvalue weighted by Crippen LogP contribution is -1.88. The summed E-state index contributed by atoms with van der Waals surface area (Å²) in [5, 5.41) is 1.88. The molecule has 0 atom stereocenters. The third-order valence-corrected chi connectivity index (χ3v) is 4.59. The molecular formula is C14H9BrClNS. The highest BCUT2D eigenvalue weighted by Crippen LogP contribution is 2.27. The monoisotopic (exact) mass is 337 g/mol. The summed E-state index contributed by atoms with van der Waals surface area (Å²) >= 11 is 11.4. The molecule has 0 fully saturated rings. The van der Waals surface area contributed by atoms with Gasteiger partial charge in [0.25, 0.3) is 0 Å². The fraction of sp³-hybridized carbons (Fsp3) is 0.0714. The molecule has 1 heterocycles. The quantitative estimate of drug-likeness (QED) is 0.617. The molecule has 0 spiro atoms. The lowest BCUT2D eigenvalue weighted by Gasteiger charge is -2.02. The number of halogens is 2. The zero-order chi connectivity index (χ0) is 12.5. The van der Waals surface area contributed by atoms with Crippen LogP contribution in [0, 0.1) is 0 Å². The average molecular weight is 339 g/mol. The van der Waals surface area contributed by atoms with E-state index in [1.165, 1.54) is 4.70 Å². The van der Waals surface area contributed by atoms with Gasteiger partial charge in [0.05, 0.1) is 15.2 Å². The molecule has 2 aromatic carbocycles. The third kappa shape index (κ3) is 2.44. The van der Waals surface area contributed by atoms with E-state index in [1.54, 1.807) is 11.3 Å². The Morgan fingerprint density at radius 1 is 1.17 bits per heavy atom. The van der Waals surface area contributed by atoms with Crippen molar-refractivity contribution in [2.75, 3.05) is 0 Å². The Bertz CT molecular complexity index is 675. The standard InChI is InChI=1S/C14H9BrClNS/c15-10-5-6-11(16)9(7-10)8-14-17-12-3-1-2-4-13(12)18-14/h1-7H,8H2. The van der Waals surface area contributed by atoms with Crippen LogP contribution in [-0.4, -0.2) is 4.98 Å². The molecule has 0 bridgehead atoms. The van der Waals surface area contributed by atoms with Crippen LogP contribution >= 0.6 is 38.9 Å². The van der Waals surface area contributed by atoms with Crippen LogP contribution in [0.2, 0.25) is 5.02 Å². The first kappa shape index (κ1) is 12.2. The first-order valence-electron chi connectivity index (χ1n) is 5.51.